The van der Waals surface area contributed by atoms with Crippen LogP contribution in [-0.2, 0) is 0 Å². The fourth-order valence-corrected chi connectivity index (χ4v) is 1.89. The zero-order valence-corrected chi connectivity index (χ0v) is 8.35. The van der Waals surface area contributed by atoms with Gasteiger partial charge in [-0.25, -0.2) is 0 Å². The fourth-order valence-electron chi connectivity index (χ4n) is 1.89. The molecule has 1 aliphatic rings. The SMILES string of the molecule is CCC1(N(C)CC(C)C)CC1. The monoisotopic (exact) mass is 155 g/mol. The average molecular weight is 155 g/mol. The third-order valence-electron chi connectivity index (χ3n) is 2.93. The van der Waals surface area contributed by atoms with Crippen molar-refractivity contribution in [1.29, 1.82) is 0 Å². The number of hydrogen-bond donors (Lipinski definition) is 0. The van der Waals surface area contributed by atoms with E-state index in [0.29, 0.717) is 5.54 Å². The maximum absolute atomic E-state index is 2.55. The van der Waals surface area contributed by atoms with Gasteiger partial charge in [0.05, 0.1) is 0 Å². The summed E-state index contributed by atoms with van der Waals surface area (Å²) in [5.41, 5.74) is 0.615. The largest absolute Gasteiger partial charge is 0.300 e. The highest BCUT2D eigenvalue weighted by molar-refractivity contribution is 5.01. The topological polar surface area (TPSA) is 3.24 Å². The molecule has 1 fully saturated rings. The van der Waals surface area contributed by atoms with Crippen LogP contribution < -0.4 is 0 Å². The minimum atomic E-state index is 0.615. The maximum Gasteiger partial charge on any atom is 0.0205 e. The highest BCUT2D eigenvalue weighted by atomic mass is 15.2. The average Bonchev–Trinajstić information content (AvgIpc) is 2.65. The van der Waals surface area contributed by atoms with Gasteiger partial charge in [0.1, 0.15) is 0 Å². The summed E-state index contributed by atoms with van der Waals surface area (Å²) >= 11 is 0. The van der Waals surface area contributed by atoms with Gasteiger partial charge in [-0.15, -0.1) is 0 Å². The maximum atomic E-state index is 2.55. The van der Waals surface area contributed by atoms with E-state index < -0.39 is 0 Å². The van der Waals surface area contributed by atoms with Crippen LogP contribution in [0, 0.1) is 5.92 Å². The number of rotatable bonds is 4. The Labute approximate surface area is 70.8 Å². The molecule has 0 aromatic rings. The molecule has 0 N–H and O–H groups in total. The van der Waals surface area contributed by atoms with Gasteiger partial charge in [-0.2, -0.15) is 0 Å². The van der Waals surface area contributed by atoms with Crippen LogP contribution in [0.3, 0.4) is 0 Å². The molecule has 1 nitrogen and oxygen atoms in total. The number of hydrogen-bond acceptors (Lipinski definition) is 1. The molecule has 66 valence electrons. The molecule has 0 aromatic carbocycles. The van der Waals surface area contributed by atoms with Gasteiger partial charge in [-0.3, -0.25) is 0 Å². The molecule has 0 heterocycles. The lowest BCUT2D eigenvalue weighted by Crippen LogP contribution is -2.35. The number of nitrogens with zero attached hydrogens (tertiary/aromatic N) is 1. The fraction of sp³-hybridized carbons (Fsp3) is 1.00. The van der Waals surface area contributed by atoms with E-state index in [-0.39, 0.29) is 0 Å². The van der Waals surface area contributed by atoms with Crippen LogP contribution in [0.4, 0.5) is 0 Å². The lowest BCUT2D eigenvalue weighted by molar-refractivity contribution is 0.192. The van der Waals surface area contributed by atoms with E-state index in [2.05, 4.69) is 32.7 Å². The van der Waals surface area contributed by atoms with E-state index in [1.807, 2.05) is 0 Å². The minimum absolute atomic E-state index is 0.615. The van der Waals surface area contributed by atoms with E-state index >= 15 is 0 Å². The highest BCUT2D eigenvalue weighted by Gasteiger charge is 2.44. The van der Waals surface area contributed by atoms with Crippen LogP contribution in [0.2, 0.25) is 0 Å². The molecule has 0 amide bonds. The van der Waals surface area contributed by atoms with Crippen molar-refractivity contribution in [1.82, 2.24) is 4.90 Å². The molecule has 1 saturated carbocycles. The van der Waals surface area contributed by atoms with Gasteiger partial charge in [0.25, 0.3) is 0 Å². The summed E-state index contributed by atoms with van der Waals surface area (Å²) in [5, 5.41) is 0. The molecule has 0 bridgehead atoms. The van der Waals surface area contributed by atoms with Gasteiger partial charge in [0, 0.05) is 12.1 Å². The second kappa shape index (κ2) is 3.14. The summed E-state index contributed by atoms with van der Waals surface area (Å²) in [6.45, 7) is 8.15. The predicted octanol–water partition coefficient (Wildman–Crippen LogP) is 2.52. The van der Waals surface area contributed by atoms with E-state index in [4.69, 9.17) is 0 Å². The Morgan fingerprint density at radius 3 is 2.18 bits per heavy atom. The van der Waals surface area contributed by atoms with Crippen molar-refractivity contribution in [3.05, 3.63) is 0 Å². The molecular formula is C10H21N. The smallest absolute Gasteiger partial charge is 0.0205 e. The van der Waals surface area contributed by atoms with Crippen molar-refractivity contribution in [2.45, 2.75) is 45.6 Å². The third kappa shape index (κ3) is 1.96. The Morgan fingerprint density at radius 2 is 1.91 bits per heavy atom. The summed E-state index contributed by atoms with van der Waals surface area (Å²) in [5.74, 6) is 0.809. The Kier molecular flexibility index (Phi) is 2.58. The van der Waals surface area contributed by atoms with Gasteiger partial charge in [0.15, 0.2) is 0 Å². The van der Waals surface area contributed by atoms with E-state index in [0.717, 1.165) is 5.92 Å². The van der Waals surface area contributed by atoms with Gasteiger partial charge in [-0.05, 0) is 32.2 Å². The molecule has 0 unspecified atom stereocenters. The Morgan fingerprint density at radius 1 is 1.36 bits per heavy atom. The van der Waals surface area contributed by atoms with Crippen LogP contribution >= 0.6 is 0 Å². The lowest BCUT2D eigenvalue weighted by atomic mass is 10.1. The van der Waals surface area contributed by atoms with Crippen LogP contribution in [-0.4, -0.2) is 24.0 Å². The van der Waals surface area contributed by atoms with Crippen molar-refractivity contribution in [2.75, 3.05) is 13.6 Å². The predicted molar refractivity (Wildman–Crippen MR) is 49.7 cm³/mol. The van der Waals surface area contributed by atoms with E-state index in [1.165, 1.54) is 25.8 Å². The first-order valence-electron chi connectivity index (χ1n) is 4.82. The second-order valence-corrected chi connectivity index (χ2v) is 4.35. The molecule has 0 radical (unpaired) electrons. The van der Waals surface area contributed by atoms with Gasteiger partial charge < -0.3 is 4.90 Å². The molecule has 0 aromatic heterocycles. The molecule has 0 aliphatic heterocycles. The molecular weight excluding hydrogens is 134 g/mol. The summed E-state index contributed by atoms with van der Waals surface area (Å²) in [6.07, 6.45) is 4.18. The quantitative estimate of drug-likeness (QED) is 0.603. The second-order valence-electron chi connectivity index (χ2n) is 4.35. The normalized spacial score (nSPS) is 21.3. The first kappa shape index (κ1) is 9.05. The molecule has 0 atom stereocenters. The Balaban J connectivity index is 2.34. The van der Waals surface area contributed by atoms with E-state index in [9.17, 15) is 0 Å². The minimum Gasteiger partial charge on any atom is -0.300 e. The van der Waals surface area contributed by atoms with Gasteiger partial charge in [-0.1, -0.05) is 20.8 Å². The summed E-state index contributed by atoms with van der Waals surface area (Å²) in [4.78, 5) is 2.55. The zero-order chi connectivity index (χ0) is 8.48. The lowest BCUT2D eigenvalue weighted by Gasteiger charge is -2.28. The Bertz CT molecular complexity index is 125. The first-order chi connectivity index (χ1) is 5.10. The zero-order valence-electron chi connectivity index (χ0n) is 8.35. The van der Waals surface area contributed by atoms with E-state index in [1.54, 1.807) is 0 Å². The van der Waals surface area contributed by atoms with Crippen molar-refractivity contribution >= 4 is 0 Å². The van der Waals surface area contributed by atoms with Crippen molar-refractivity contribution in [3.63, 3.8) is 0 Å². The molecule has 11 heavy (non-hydrogen) atoms. The van der Waals surface area contributed by atoms with Gasteiger partial charge in [0.2, 0.25) is 0 Å². The highest BCUT2D eigenvalue weighted by Crippen LogP contribution is 2.43. The Hall–Kier alpha value is -0.0400. The molecule has 0 spiro atoms. The third-order valence-corrected chi connectivity index (χ3v) is 2.93. The molecule has 1 rings (SSSR count). The summed E-state index contributed by atoms with van der Waals surface area (Å²) < 4.78 is 0. The molecule has 0 saturated heterocycles. The van der Waals surface area contributed by atoms with Crippen LogP contribution in [0.15, 0.2) is 0 Å². The molecule has 1 heteroatoms. The summed E-state index contributed by atoms with van der Waals surface area (Å²) in [7, 11) is 2.27. The van der Waals surface area contributed by atoms with Crippen LogP contribution in [0.1, 0.15) is 40.0 Å². The van der Waals surface area contributed by atoms with Crippen LogP contribution in [0.5, 0.6) is 0 Å². The van der Waals surface area contributed by atoms with Crippen LogP contribution in [0.25, 0.3) is 0 Å². The van der Waals surface area contributed by atoms with Crippen molar-refractivity contribution < 1.29 is 0 Å². The van der Waals surface area contributed by atoms with Crippen molar-refractivity contribution in [2.24, 2.45) is 5.92 Å². The molecule has 1 aliphatic carbocycles. The van der Waals surface area contributed by atoms with Gasteiger partial charge >= 0.3 is 0 Å². The summed E-state index contributed by atoms with van der Waals surface area (Å²) in [6, 6.07) is 0. The first-order valence-corrected chi connectivity index (χ1v) is 4.82. The standard InChI is InChI=1S/C10H21N/c1-5-10(6-7-10)11(4)8-9(2)3/h9H,5-8H2,1-4H3. The van der Waals surface area contributed by atoms with Crippen molar-refractivity contribution in [3.8, 4) is 0 Å².